The summed E-state index contributed by atoms with van der Waals surface area (Å²) in [5, 5.41) is 14.7. The number of hydrogen-bond donors (Lipinski definition) is 2. The van der Waals surface area contributed by atoms with E-state index in [0.717, 1.165) is 37.0 Å². The molecular weight excluding hydrogens is 403 g/mol. The van der Waals surface area contributed by atoms with Crippen LogP contribution in [0.1, 0.15) is 23.6 Å². The van der Waals surface area contributed by atoms with E-state index in [4.69, 9.17) is 0 Å². The fraction of sp³-hybridized carbons (Fsp3) is 0.438. The van der Waals surface area contributed by atoms with E-state index in [0.29, 0.717) is 6.54 Å². The number of aliphatic imine (C=N–C) groups is 1. The fourth-order valence-electron chi connectivity index (χ4n) is 2.13. The van der Waals surface area contributed by atoms with Crippen LogP contribution in [0.15, 0.2) is 35.3 Å². The summed E-state index contributed by atoms with van der Waals surface area (Å²) in [5.41, 5.74) is 1.36. The minimum atomic E-state index is 0. The first-order valence-corrected chi connectivity index (χ1v) is 7.54. The summed E-state index contributed by atoms with van der Waals surface area (Å²) in [6, 6.07) is 10.5. The number of benzene rings is 1. The van der Waals surface area contributed by atoms with Crippen LogP contribution in [-0.2, 0) is 20.0 Å². The van der Waals surface area contributed by atoms with Crippen molar-refractivity contribution in [2.24, 2.45) is 12.0 Å². The zero-order valence-electron chi connectivity index (χ0n) is 13.9. The quantitative estimate of drug-likeness (QED) is 0.320. The van der Waals surface area contributed by atoms with E-state index < -0.39 is 0 Å². The summed E-state index contributed by atoms with van der Waals surface area (Å²) in [6.45, 7) is 3.43. The second-order valence-electron chi connectivity index (χ2n) is 5.16. The monoisotopic (exact) mass is 428 g/mol. The summed E-state index contributed by atoms with van der Waals surface area (Å²) in [7, 11) is 3.73. The van der Waals surface area contributed by atoms with Gasteiger partial charge in [0, 0.05) is 20.6 Å². The maximum absolute atomic E-state index is 4.22. The molecule has 23 heavy (non-hydrogen) atoms. The van der Waals surface area contributed by atoms with Gasteiger partial charge >= 0.3 is 0 Å². The third kappa shape index (κ3) is 6.17. The van der Waals surface area contributed by atoms with Crippen LogP contribution in [0.25, 0.3) is 0 Å². The number of nitrogens with zero attached hydrogens (tertiary/aromatic N) is 4. The zero-order chi connectivity index (χ0) is 15.8. The normalized spacial score (nSPS) is 11.0. The van der Waals surface area contributed by atoms with Crippen molar-refractivity contribution in [1.29, 1.82) is 0 Å². The van der Waals surface area contributed by atoms with E-state index in [1.54, 1.807) is 7.05 Å². The number of aromatic nitrogens is 3. The van der Waals surface area contributed by atoms with Crippen molar-refractivity contribution in [1.82, 2.24) is 25.4 Å². The lowest BCUT2D eigenvalue weighted by Crippen LogP contribution is -2.38. The Hall–Kier alpha value is -1.64. The van der Waals surface area contributed by atoms with Gasteiger partial charge in [-0.25, -0.2) is 0 Å². The lowest BCUT2D eigenvalue weighted by molar-refractivity contribution is 0.704. The van der Waals surface area contributed by atoms with Gasteiger partial charge in [0.15, 0.2) is 11.8 Å². The maximum Gasteiger partial charge on any atom is 0.191 e. The van der Waals surface area contributed by atoms with Crippen molar-refractivity contribution in [3.63, 3.8) is 0 Å². The summed E-state index contributed by atoms with van der Waals surface area (Å²) < 4.78 is 1.97. The van der Waals surface area contributed by atoms with Crippen molar-refractivity contribution in [3.05, 3.63) is 47.5 Å². The second kappa shape index (κ2) is 10.2. The van der Waals surface area contributed by atoms with Gasteiger partial charge in [-0.2, -0.15) is 0 Å². The molecular formula is C16H25IN6. The molecule has 0 amide bonds. The molecule has 2 rings (SSSR count). The Balaban J connectivity index is 0.00000264. The lowest BCUT2D eigenvalue weighted by atomic mass is 10.1. The SMILES string of the molecule is CN=C(NCCCc1ccccc1)NCc1nnc(C)n1C.I. The molecule has 0 aliphatic heterocycles. The fourth-order valence-corrected chi connectivity index (χ4v) is 2.13. The van der Waals surface area contributed by atoms with Gasteiger partial charge in [-0.1, -0.05) is 30.3 Å². The Kier molecular flexibility index (Phi) is 8.60. The summed E-state index contributed by atoms with van der Waals surface area (Å²) in [5.74, 6) is 2.58. The van der Waals surface area contributed by atoms with E-state index in [9.17, 15) is 0 Å². The van der Waals surface area contributed by atoms with Crippen LogP contribution in [0.4, 0.5) is 0 Å². The van der Waals surface area contributed by atoms with Crippen LogP contribution < -0.4 is 10.6 Å². The van der Waals surface area contributed by atoms with E-state index in [1.165, 1.54) is 5.56 Å². The standard InChI is InChI=1S/C16H24N6.HI/c1-13-20-21-15(22(13)3)12-19-16(17-2)18-11-7-10-14-8-5-4-6-9-14;/h4-6,8-9H,7,10-12H2,1-3H3,(H2,17,18,19);1H. The van der Waals surface area contributed by atoms with Crippen molar-refractivity contribution in [2.75, 3.05) is 13.6 Å². The third-order valence-corrected chi connectivity index (χ3v) is 3.60. The van der Waals surface area contributed by atoms with Crippen LogP contribution in [-0.4, -0.2) is 34.3 Å². The highest BCUT2D eigenvalue weighted by atomic mass is 127. The molecule has 1 aromatic carbocycles. The van der Waals surface area contributed by atoms with Gasteiger partial charge in [-0.05, 0) is 25.3 Å². The van der Waals surface area contributed by atoms with Crippen molar-refractivity contribution in [3.8, 4) is 0 Å². The summed E-state index contributed by atoms with van der Waals surface area (Å²) in [6.07, 6.45) is 2.13. The number of hydrogen-bond acceptors (Lipinski definition) is 3. The molecule has 0 spiro atoms. The lowest BCUT2D eigenvalue weighted by Gasteiger charge is -2.11. The molecule has 0 atom stereocenters. The molecule has 0 saturated heterocycles. The molecule has 1 heterocycles. The minimum Gasteiger partial charge on any atom is -0.356 e. The second-order valence-corrected chi connectivity index (χ2v) is 5.16. The predicted octanol–water partition coefficient (Wildman–Crippen LogP) is 2.04. The largest absolute Gasteiger partial charge is 0.356 e. The zero-order valence-corrected chi connectivity index (χ0v) is 16.2. The molecule has 0 saturated carbocycles. The van der Waals surface area contributed by atoms with Crippen LogP contribution >= 0.6 is 24.0 Å². The first-order chi connectivity index (χ1) is 10.7. The Morgan fingerprint density at radius 3 is 2.52 bits per heavy atom. The topological polar surface area (TPSA) is 67.1 Å². The number of halogens is 1. The molecule has 2 aromatic rings. The maximum atomic E-state index is 4.22. The average molecular weight is 428 g/mol. The molecule has 0 radical (unpaired) electrons. The van der Waals surface area contributed by atoms with Gasteiger partial charge in [0.05, 0.1) is 6.54 Å². The molecule has 7 heteroatoms. The Labute approximate surface area is 154 Å². The molecule has 126 valence electrons. The van der Waals surface area contributed by atoms with E-state index in [1.807, 2.05) is 24.6 Å². The van der Waals surface area contributed by atoms with Crippen LogP contribution in [0.5, 0.6) is 0 Å². The van der Waals surface area contributed by atoms with E-state index in [2.05, 4.69) is 50.1 Å². The van der Waals surface area contributed by atoms with Gasteiger partial charge in [-0.3, -0.25) is 4.99 Å². The van der Waals surface area contributed by atoms with E-state index in [-0.39, 0.29) is 24.0 Å². The molecule has 2 N–H and O–H groups in total. The van der Waals surface area contributed by atoms with Crippen LogP contribution in [0, 0.1) is 6.92 Å². The molecule has 0 bridgehead atoms. The van der Waals surface area contributed by atoms with Gasteiger partial charge in [0.25, 0.3) is 0 Å². The van der Waals surface area contributed by atoms with Crippen molar-refractivity contribution in [2.45, 2.75) is 26.3 Å². The molecule has 6 nitrogen and oxygen atoms in total. The van der Waals surface area contributed by atoms with Gasteiger partial charge in [-0.15, -0.1) is 34.2 Å². The highest BCUT2D eigenvalue weighted by Crippen LogP contribution is 2.01. The molecule has 0 fully saturated rings. The van der Waals surface area contributed by atoms with Gasteiger partial charge < -0.3 is 15.2 Å². The van der Waals surface area contributed by atoms with Crippen molar-refractivity contribution >= 4 is 29.9 Å². The summed E-state index contributed by atoms with van der Waals surface area (Å²) in [4.78, 5) is 4.22. The molecule has 1 aromatic heterocycles. The average Bonchev–Trinajstić information content (AvgIpc) is 2.87. The highest BCUT2D eigenvalue weighted by Gasteiger charge is 2.05. The van der Waals surface area contributed by atoms with E-state index >= 15 is 0 Å². The number of nitrogens with one attached hydrogen (secondary N) is 2. The van der Waals surface area contributed by atoms with Crippen molar-refractivity contribution < 1.29 is 0 Å². The Morgan fingerprint density at radius 2 is 1.91 bits per heavy atom. The molecule has 0 aliphatic carbocycles. The minimum absolute atomic E-state index is 0. The van der Waals surface area contributed by atoms with Gasteiger partial charge in [0.1, 0.15) is 5.82 Å². The highest BCUT2D eigenvalue weighted by molar-refractivity contribution is 14.0. The van der Waals surface area contributed by atoms with Gasteiger partial charge in [0.2, 0.25) is 0 Å². The Bertz CT molecular complexity index is 608. The first kappa shape index (κ1) is 19.4. The third-order valence-electron chi connectivity index (χ3n) is 3.60. The number of guanidine groups is 1. The predicted molar refractivity (Wildman–Crippen MR) is 104 cm³/mol. The number of rotatable bonds is 6. The first-order valence-electron chi connectivity index (χ1n) is 7.54. The van der Waals surface area contributed by atoms with Crippen LogP contribution in [0.2, 0.25) is 0 Å². The van der Waals surface area contributed by atoms with Crippen LogP contribution in [0.3, 0.4) is 0 Å². The number of aryl methyl sites for hydroxylation is 2. The smallest absolute Gasteiger partial charge is 0.191 e. The molecule has 0 unspecified atom stereocenters. The summed E-state index contributed by atoms with van der Waals surface area (Å²) >= 11 is 0. The Morgan fingerprint density at radius 1 is 1.17 bits per heavy atom. The molecule has 0 aliphatic rings.